The number of rotatable bonds is 8. The van der Waals surface area contributed by atoms with Crippen LogP contribution in [0.1, 0.15) is 56.2 Å². The highest BCUT2D eigenvalue weighted by Gasteiger charge is 2.24. The SMILES string of the molecule is CC1C=CN=C(c2ccc(CN=C(Nc3ccccc3)c3c(N)nc(NC[C@@H]4CCC[C@@H]4C)n(C)c3=O)cc2)C1. The van der Waals surface area contributed by atoms with E-state index in [1.165, 1.54) is 23.8 Å². The van der Waals surface area contributed by atoms with Crippen LogP contribution in [0.5, 0.6) is 0 Å². The Hall–Kier alpha value is -4.20. The molecule has 1 aliphatic carbocycles. The minimum Gasteiger partial charge on any atom is -0.383 e. The summed E-state index contributed by atoms with van der Waals surface area (Å²) in [6.45, 7) is 5.64. The number of nitrogens with two attached hydrogens (primary N) is 1. The molecule has 1 fully saturated rings. The molecule has 8 nitrogen and oxygen atoms in total. The molecular weight excluding hydrogens is 498 g/mol. The fraction of sp³-hybridized carbons (Fsp3) is 0.375. The second-order valence-corrected chi connectivity index (χ2v) is 11.1. The molecule has 0 spiro atoms. The molecule has 0 amide bonds. The van der Waals surface area contributed by atoms with Crippen LogP contribution in [0.25, 0.3) is 0 Å². The Morgan fingerprint density at radius 3 is 2.58 bits per heavy atom. The summed E-state index contributed by atoms with van der Waals surface area (Å²) < 4.78 is 1.53. The molecule has 0 saturated heterocycles. The highest BCUT2D eigenvalue weighted by atomic mass is 16.1. The van der Waals surface area contributed by atoms with Crippen LogP contribution in [0.2, 0.25) is 0 Å². The zero-order chi connectivity index (χ0) is 28.1. The molecule has 1 aromatic heterocycles. The molecule has 3 atom stereocenters. The molecular formula is C32H39N7O. The van der Waals surface area contributed by atoms with Crippen LogP contribution in [0.3, 0.4) is 0 Å². The van der Waals surface area contributed by atoms with Crippen LogP contribution in [-0.4, -0.2) is 27.6 Å². The Kier molecular flexibility index (Phi) is 8.43. The monoisotopic (exact) mass is 537 g/mol. The number of aromatic nitrogens is 2. The van der Waals surface area contributed by atoms with Crippen molar-refractivity contribution in [1.29, 1.82) is 0 Å². The van der Waals surface area contributed by atoms with Gasteiger partial charge in [-0.1, -0.05) is 75.2 Å². The highest BCUT2D eigenvalue weighted by Crippen LogP contribution is 2.31. The average Bonchev–Trinajstić information content (AvgIpc) is 3.38. The van der Waals surface area contributed by atoms with Gasteiger partial charge in [-0.25, -0.2) is 0 Å². The second-order valence-electron chi connectivity index (χ2n) is 11.1. The van der Waals surface area contributed by atoms with Gasteiger partial charge in [0.2, 0.25) is 5.95 Å². The number of amidine groups is 1. The van der Waals surface area contributed by atoms with Crippen LogP contribution in [-0.2, 0) is 13.6 Å². The summed E-state index contributed by atoms with van der Waals surface area (Å²) >= 11 is 0. The van der Waals surface area contributed by atoms with E-state index in [0.29, 0.717) is 36.1 Å². The average molecular weight is 538 g/mol. The first-order chi connectivity index (χ1) is 19.4. The largest absolute Gasteiger partial charge is 0.383 e. The van der Waals surface area contributed by atoms with Crippen LogP contribution in [0.15, 0.2) is 81.7 Å². The highest BCUT2D eigenvalue weighted by molar-refractivity contribution is 6.10. The summed E-state index contributed by atoms with van der Waals surface area (Å²) in [5.41, 5.74) is 10.5. The molecule has 208 valence electrons. The third-order valence-corrected chi connectivity index (χ3v) is 8.02. The van der Waals surface area contributed by atoms with Crippen LogP contribution in [0, 0.1) is 17.8 Å². The van der Waals surface area contributed by atoms with Crippen molar-refractivity contribution < 1.29 is 0 Å². The Morgan fingerprint density at radius 2 is 1.88 bits per heavy atom. The van der Waals surface area contributed by atoms with E-state index in [4.69, 9.17) is 10.7 Å². The summed E-state index contributed by atoms with van der Waals surface area (Å²) in [7, 11) is 1.72. The van der Waals surface area contributed by atoms with E-state index >= 15 is 0 Å². The standard InChI is InChI=1S/C32H39N7O/c1-21-16-17-34-27(18-21)24-14-12-23(13-15-24)19-35-30(37-26-10-5-4-6-11-26)28-29(33)38-32(39(3)31(28)40)36-20-25-9-7-8-22(25)2/h4-6,10-17,21-22,25H,7-9,18-20,33H2,1-3H3,(H,35,37)(H,36,38)/t21?,22-,25-/m0/s1. The van der Waals surface area contributed by atoms with Gasteiger partial charge in [0.15, 0.2) is 0 Å². The topological polar surface area (TPSA) is 110 Å². The number of para-hydroxylation sites is 1. The normalized spacial score (nSPS) is 20.8. The first-order valence-corrected chi connectivity index (χ1v) is 14.2. The predicted octanol–water partition coefficient (Wildman–Crippen LogP) is 5.61. The van der Waals surface area contributed by atoms with Crippen molar-refractivity contribution in [3.63, 3.8) is 0 Å². The maximum absolute atomic E-state index is 13.6. The Labute approximate surface area is 236 Å². The number of nitrogens with one attached hydrogen (secondary N) is 2. The van der Waals surface area contributed by atoms with Crippen molar-refractivity contribution >= 4 is 29.0 Å². The van der Waals surface area contributed by atoms with E-state index in [1.807, 2.05) is 36.5 Å². The molecule has 5 rings (SSSR count). The fourth-order valence-electron chi connectivity index (χ4n) is 5.46. The quantitative estimate of drug-likeness (QED) is 0.256. The number of allylic oxidation sites excluding steroid dienone is 1. The van der Waals surface area contributed by atoms with E-state index in [1.54, 1.807) is 7.05 Å². The molecule has 1 unspecified atom stereocenters. The van der Waals surface area contributed by atoms with Gasteiger partial charge < -0.3 is 16.4 Å². The Balaban J connectivity index is 1.41. The van der Waals surface area contributed by atoms with Gasteiger partial charge in [-0.05, 0) is 53.9 Å². The molecule has 2 aromatic carbocycles. The molecule has 1 aliphatic heterocycles. The summed E-state index contributed by atoms with van der Waals surface area (Å²) in [4.78, 5) is 27.6. The maximum atomic E-state index is 13.6. The van der Waals surface area contributed by atoms with E-state index in [9.17, 15) is 4.79 Å². The number of nitrogen functional groups attached to an aromatic ring is 1. The van der Waals surface area contributed by atoms with Crippen molar-refractivity contribution in [2.45, 2.75) is 46.1 Å². The summed E-state index contributed by atoms with van der Waals surface area (Å²) in [6.07, 6.45) is 8.63. The van der Waals surface area contributed by atoms with E-state index in [0.717, 1.165) is 35.5 Å². The van der Waals surface area contributed by atoms with Gasteiger partial charge in [0, 0.05) is 31.2 Å². The van der Waals surface area contributed by atoms with Crippen molar-refractivity contribution in [3.8, 4) is 0 Å². The number of anilines is 3. The van der Waals surface area contributed by atoms with E-state index in [-0.39, 0.29) is 16.9 Å². The lowest BCUT2D eigenvalue weighted by Crippen LogP contribution is -2.33. The Morgan fingerprint density at radius 1 is 1.10 bits per heavy atom. The van der Waals surface area contributed by atoms with Gasteiger partial charge in [0.05, 0.1) is 6.54 Å². The minimum atomic E-state index is -0.246. The van der Waals surface area contributed by atoms with Crippen molar-refractivity contribution in [3.05, 3.63) is 93.9 Å². The number of hydrogen-bond acceptors (Lipinski definition) is 6. The third-order valence-electron chi connectivity index (χ3n) is 8.02. The smallest absolute Gasteiger partial charge is 0.267 e. The van der Waals surface area contributed by atoms with Gasteiger partial charge in [-0.15, -0.1) is 0 Å². The predicted molar refractivity (Wildman–Crippen MR) is 165 cm³/mol. The lowest BCUT2D eigenvalue weighted by molar-refractivity contribution is 0.438. The van der Waals surface area contributed by atoms with Crippen LogP contribution >= 0.6 is 0 Å². The number of hydrogen-bond donors (Lipinski definition) is 3. The number of nitrogens with zero attached hydrogens (tertiary/aromatic N) is 4. The molecule has 0 radical (unpaired) electrons. The Bertz CT molecular complexity index is 1470. The molecule has 1 saturated carbocycles. The molecule has 40 heavy (non-hydrogen) atoms. The van der Waals surface area contributed by atoms with Gasteiger partial charge in [0.1, 0.15) is 17.2 Å². The van der Waals surface area contributed by atoms with Crippen molar-refractivity contribution in [2.24, 2.45) is 34.8 Å². The van der Waals surface area contributed by atoms with Crippen molar-refractivity contribution in [1.82, 2.24) is 9.55 Å². The maximum Gasteiger partial charge on any atom is 0.267 e. The van der Waals surface area contributed by atoms with E-state index < -0.39 is 0 Å². The zero-order valence-electron chi connectivity index (χ0n) is 23.6. The lowest BCUT2D eigenvalue weighted by Gasteiger charge is -2.19. The fourth-order valence-corrected chi connectivity index (χ4v) is 5.46. The zero-order valence-corrected chi connectivity index (χ0v) is 23.6. The molecule has 4 N–H and O–H groups in total. The summed E-state index contributed by atoms with van der Waals surface area (Å²) in [6, 6.07) is 17.9. The lowest BCUT2D eigenvalue weighted by atomic mass is 9.96. The van der Waals surface area contributed by atoms with Crippen LogP contribution in [0.4, 0.5) is 17.5 Å². The van der Waals surface area contributed by atoms with E-state index in [2.05, 4.69) is 64.8 Å². The minimum absolute atomic E-state index is 0.153. The number of aliphatic imine (C=N–C) groups is 2. The molecule has 3 aromatic rings. The first kappa shape index (κ1) is 27.4. The van der Waals surface area contributed by atoms with Gasteiger partial charge in [-0.3, -0.25) is 19.3 Å². The first-order valence-electron chi connectivity index (χ1n) is 14.2. The summed E-state index contributed by atoms with van der Waals surface area (Å²) in [5, 5.41) is 6.69. The number of benzene rings is 2. The summed E-state index contributed by atoms with van der Waals surface area (Å²) in [5.74, 6) is 2.76. The van der Waals surface area contributed by atoms with Gasteiger partial charge >= 0.3 is 0 Å². The van der Waals surface area contributed by atoms with Crippen molar-refractivity contribution in [2.75, 3.05) is 22.9 Å². The van der Waals surface area contributed by atoms with Crippen LogP contribution < -0.4 is 21.9 Å². The molecule has 8 heteroatoms. The molecule has 0 bridgehead atoms. The molecule has 2 aliphatic rings. The van der Waals surface area contributed by atoms with Gasteiger partial charge in [0.25, 0.3) is 5.56 Å². The second kappa shape index (κ2) is 12.3. The molecule has 2 heterocycles. The van der Waals surface area contributed by atoms with Gasteiger partial charge in [-0.2, -0.15) is 4.98 Å². The third kappa shape index (κ3) is 6.33.